The van der Waals surface area contributed by atoms with Gasteiger partial charge in [-0.05, 0) is 32.0 Å². The smallest absolute Gasteiger partial charge is 0.308 e. The van der Waals surface area contributed by atoms with Crippen LogP contribution in [0.15, 0.2) is 18.3 Å². The normalized spacial score (nSPS) is 18.5. The first-order valence-electron chi connectivity index (χ1n) is 6.20. The van der Waals surface area contributed by atoms with E-state index in [0.717, 1.165) is 5.56 Å². The molecule has 3 N–H and O–H groups in total. The first kappa shape index (κ1) is 14.1. The van der Waals surface area contributed by atoms with Crippen LogP contribution in [-0.4, -0.2) is 29.1 Å². The van der Waals surface area contributed by atoms with Crippen molar-refractivity contribution in [2.45, 2.75) is 25.6 Å². The maximum atomic E-state index is 12.6. The topological polar surface area (TPSA) is 54.2 Å². The van der Waals surface area contributed by atoms with E-state index in [0.29, 0.717) is 25.5 Å². The van der Waals surface area contributed by atoms with Gasteiger partial charge in [0.2, 0.25) is 0 Å². The summed E-state index contributed by atoms with van der Waals surface area (Å²) in [7, 11) is 0. The highest BCUT2D eigenvalue weighted by atomic mass is 19.4. The van der Waals surface area contributed by atoms with Crippen LogP contribution < -0.4 is 11.3 Å². The third kappa shape index (κ3) is 3.57. The average Bonchev–Trinajstić information content (AvgIpc) is 2.39. The summed E-state index contributed by atoms with van der Waals surface area (Å²) in [5.74, 6) is 4.76. The van der Waals surface area contributed by atoms with E-state index in [1.54, 1.807) is 12.3 Å². The molecular weight excluding hydrogens is 257 g/mol. The third-order valence-electron chi connectivity index (χ3n) is 3.47. The van der Waals surface area contributed by atoms with E-state index in [2.05, 4.69) is 10.4 Å². The Bertz CT molecular complexity index is 414. The van der Waals surface area contributed by atoms with Gasteiger partial charge in [-0.25, -0.2) is 10.8 Å². The number of nitrogens with two attached hydrogens (primary N) is 1. The highest BCUT2D eigenvalue weighted by Crippen LogP contribution is 2.34. The van der Waals surface area contributed by atoms with Crippen molar-refractivity contribution in [2.24, 2.45) is 11.8 Å². The fourth-order valence-electron chi connectivity index (χ4n) is 2.36. The summed E-state index contributed by atoms with van der Waals surface area (Å²) in [5.41, 5.74) is 3.40. The Hall–Kier alpha value is -1.34. The van der Waals surface area contributed by atoms with E-state index in [-0.39, 0.29) is 12.8 Å². The van der Waals surface area contributed by atoms with Gasteiger partial charge >= 0.3 is 6.18 Å². The molecule has 0 amide bonds. The van der Waals surface area contributed by atoms with Crippen molar-refractivity contribution < 1.29 is 13.2 Å². The second-order valence-corrected chi connectivity index (χ2v) is 4.75. The molecule has 0 saturated carbocycles. The molecule has 0 aromatic carbocycles. The lowest BCUT2D eigenvalue weighted by atomic mass is 9.96. The number of aromatic nitrogens is 1. The number of hydrogen-bond donors (Lipinski definition) is 2. The molecule has 2 rings (SSSR count). The summed E-state index contributed by atoms with van der Waals surface area (Å²) in [6, 6.07) is 3.66. The SMILES string of the molecule is NNc1ncccc1CN1CCC(C(F)(F)F)CC1. The molecule has 0 atom stereocenters. The number of likely N-dealkylation sites (tertiary alicyclic amines) is 1. The summed E-state index contributed by atoms with van der Waals surface area (Å²) in [6.07, 6.45) is -2.12. The predicted octanol–water partition coefficient (Wildman–Crippen LogP) is 2.14. The second kappa shape index (κ2) is 5.75. The first-order chi connectivity index (χ1) is 9.00. The van der Waals surface area contributed by atoms with Gasteiger partial charge < -0.3 is 5.43 Å². The lowest BCUT2D eigenvalue weighted by molar-refractivity contribution is -0.185. The van der Waals surface area contributed by atoms with Crippen LogP contribution in [0.5, 0.6) is 0 Å². The van der Waals surface area contributed by atoms with Gasteiger partial charge in [0.25, 0.3) is 0 Å². The highest BCUT2D eigenvalue weighted by Gasteiger charge is 2.40. The van der Waals surface area contributed by atoms with Crippen LogP contribution in [0.25, 0.3) is 0 Å². The van der Waals surface area contributed by atoms with Crippen molar-refractivity contribution >= 4 is 5.82 Å². The largest absolute Gasteiger partial charge is 0.391 e. The van der Waals surface area contributed by atoms with Crippen molar-refractivity contribution in [1.29, 1.82) is 0 Å². The van der Waals surface area contributed by atoms with Crippen LogP contribution in [0.1, 0.15) is 18.4 Å². The molecule has 1 aliphatic heterocycles. The lowest BCUT2D eigenvalue weighted by Crippen LogP contribution is -2.38. The molecule has 1 aromatic rings. The van der Waals surface area contributed by atoms with E-state index in [1.807, 2.05) is 11.0 Å². The molecule has 1 aliphatic rings. The number of rotatable bonds is 3. The minimum atomic E-state index is -4.07. The van der Waals surface area contributed by atoms with E-state index in [1.165, 1.54) is 0 Å². The Labute approximate surface area is 109 Å². The molecule has 2 heterocycles. The highest BCUT2D eigenvalue weighted by molar-refractivity contribution is 5.42. The van der Waals surface area contributed by atoms with E-state index in [4.69, 9.17) is 5.84 Å². The zero-order chi connectivity index (χ0) is 13.9. The van der Waals surface area contributed by atoms with Gasteiger partial charge in [-0.1, -0.05) is 6.07 Å². The Morgan fingerprint density at radius 1 is 1.37 bits per heavy atom. The number of anilines is 1. The van der Waals surface area contributed by atoms with Crippen molar-refractivity contribution in [2.75, 3.05) is 18.5 Å². The minimum Gasteiger partial charge on any atom is -0.308 e. The quantitative estimate of drug-likeness (QED) is 0.655. The van der Waals surface area contributed by atoms with E-state index in [9.17, 15) is 13.2 Å². The molecule has 19 heavy (non-hydrogen) atoms. The number of pyridine rings is 1. The fourth-order valence-corrected chi connectivity index (χ4v) is 2.36. The number of nitrogens with one attached hydrogen (secondary N) is 1. The molecule has 7 heteroatoms. The van der Waals surface area contributed by atoms with Gasteiger partial charge in [-0.3, -0.25) is 4.90 Å². The first-order valence-corrected chi connectivity index (χ1v) is 6.20. The zero-order valence-electron chi connectivity index (χ0n) is 10.5. The van der Waals surface area contributed by atoms with Gasteiger partial charge in [0, 0.05) is 18.3 Å². The standard InChI is InChI=1S/C12H17F3N4/c13-12(14,15)10-3-6-19(7-4-10)8-9-2-1-5-17-11(9)18-16/h1-2,5,10H,3-4,6-8,16H2,(H,17,18). The number of hydrazine groups is 1. The number of piperidine rings is 1. The molecule has 0 radical (unpaired) electrons. The lowest BCUT2D eigenvalue weighted by Gasteiger charge is -2.33. The van der Waals surface area contributed by atoms with Crippen molar-refractivity contribution in [1.82, 2.24) is 9.88 Å². The average molecular weight is 274 g/mol. The molecule has 0 unspecified atom stereocenters. The van der Waals surface area contributed by atoms with E-state index < -0.39 is 12.1 Å². The Kier molecular flexibility index (Phi) is 4.26. The molecule has 1 fully saturated rings. The van der Waals surface area contributed by atoms with Crippen LogP contribution >= 0.6 is 0 Å². The predicted molar refractivity (Wildman–Crippen MR) is 66.1 cm³/mol. The minimum absolute atomic E-state index is 0.162. The summed E-state index contributed by atoms with van der Waals surface area (Å²) in [4.78, 5) is 6.07. The van der Waals surface area contributed by atoms with Crippen LogP contribution in [0.2, 0.25) is 0 Å². The number of alkyl halides is 3. The Balaban J connectivity index is 1.92. The molecule has 4 nitrogen and oxygen atoms in total. The van der Waals surface area contributed by atoms with Gasteiger partial charge in [0.1, 0.15) is 5.82 Å². The molecule has 1 saturated heterocycles. The fraction of sp³-hybridized carbons (Fsp3) is 0.583. The summed E-state index contributed by atoms with van der Waals surface area (Å²) < 4.78 is 37.7. The third-order valence-corrected chi connectivity index (χ3v) is 3.47. The molecule has 0 spiro atoms. The maximum absolute atomic E-state index is 12.6. The molecule has 106 valence electrons. The number of hydrogen-bond acceptors (Lipinski definition) is 4. The summed E-state index contributed by atoms with van der Waals surface area (Å²) in [6.45, 7) is 1.46. The number of halogens is 3. The monoisotopic (exact) mass is 274 g/mol. The van der Waals surface area contributed by atoms with Gasteiger partial charge in [-0.15, -0.1) is 0 Å². The van der Waals surface area contributed by atoms with Crippen molar-refractivity contribution in [3.05, 3.63) is 23.9 Å². The summed E-state index contributed by atoms with van der Waals surface area (Å²) >= 11 is 0. The van der Waals surface area contributed by atoms with Gasteiger partial charge in [-0.2, -0.15) is 13.2 Å². The maximum Gasteiger partial charge on any atom is 0.391 e. The van der Waals surface area contributed by atoms with Crippen LogP contribution in [-0.2, 0) is 6.54 Å². The van der Waals surface area contributed by atoms with Crippen LogP contribution in [0.4, 0.5) is 19.0 Å². The molecular formula is C12H17F3N4. The molecule has 0 aliphatic carbocycles. The Morgan fingerprint density at radius 2 is 2.05 bits per heavy atom. The van der Waals surface area contributed by atoms with Crippen LogP contribution in [0, 0.1) is 5.92 Å². The Morgan fingerprint density at radius 3 is 2.63 bits per heavy atom. The number of nitrogens with zero attached hydrogens (tertiary/aromatic N) is 2. The van der Waals surface area contributed by atoms with Gasteiger partial charge in [0.15, 0.2) is 0 Å². The van der Waals surface area contributed by atoms with Crippen molar-refractivity contribution in [3.8, 4) is 0 Å². The van der Waals surface area contributed by atoms with E-state index >= 15 is 0 Å². The van der Waals surface area contributed by atoms with Crippen molar-refractivity contribution in [3.63, 3.8) is 0 Å². The second-order valence-electron chi connectivity index (χ2n) is 4.75. The number of nitrogen functional groups attached to an aromatic ring is 1. The van der Waals surface area contributed by atoms with Crippen LogP contribution in [0.3, 0.4) is 0 Å². The summed E-state index contributed by atoms with van der Waals surface area (Å²) in [5, 5.41) is 0. The molecule has 0 bridgehead atoms. The zero-order valence-corrected chi connectivity index (χ0v) is 10.5. The van der Waals surface area contributed by atoms with Gasteiger partial charge in [0.05, 0.1) is 5.92 Å². The molecule has 1 aromatic heterocycles.